The van der Waals surface area contributed by atoms with Crippen LogP contribution in [0.15, 0.2) is 10.3 Å². The maximum Gasteiger partial charge on any atom is 0.313 e. The van der Waals surface area contributed by atoms with Crippen LogP contribution in [-0.2, 0) is 25.8 Å². The van der Waals surface area contributed by atoms with Gasteiger partial charge in [0.05, 0.1) is 0 Å². The Bertz CT molecular complexity index is 1220. The summed E-state index contributed by atoms with van der Waals surface area (Å²) in [5, 5.41) is 28.3. The third-order valence-corrected chi connectivity index (χ3v) is 9.28. The van der Waals surface area contributed by atoms with E-state index in [1.165, 1.54) is 28.4 Å². The predicted octanol–water partition coefficient (Wildman–Crippen LogP) is -2.21. The molecular formula is C19H28N12O5S3. The molecule has 39 heavy (non-hydrogen) atoms. The number of carboxylic acids is 1. The highest BCUT2D eigenvalue weighted by Crippen LogP contribution is 2.44. The number of hydrogen-bond acceptors (Lipinski definition) is 16. The molecule has 0 radical (unpaired) electrons. The molecule has 0 aliphatic carbocycles. The number of nitrogens with zero attached hydrogens (tertiary/aromatic N) is 8. The quantitative estimate of drug-likeness (QED) is 0.0506. The van der Waals surface area contributed by atoms with Crippen molar-refractivity contribution in [2.45, 2.75) is 36.0 Å². The van der Waals surface area contributed by atoms with Gasteiger partial charge in [-0.1, -0.05) is 16.9 Å². The van der Waals surface area contributed by atoms with Gasteiger partial charge in [0.25, 0.3) is 5.91 Å². The first-order valence-electron chi connectivity index (χ1n) is 11.8. The van der Waals surface area contributed by atoms with Crippen LogP contribution in [-0.4, -0.2) is 112 Å². The molecule has 0 aromatic carbocycles. The largest absolute Gasteiger partial charge is 0.481 e. The molecule has 2 aromatic rings. The number of carboxylic acid groups (broad SMARTS) is 1. The third-order valence-electron chi connectivity index (χ3n) is 5.90. The van der Waals surface area contributed by atoms with Gasteiger partial charge in [-0.15, -0.1) is 16.9 Å². The van der Waals surface area contributed by atoms with Crippen LogP contribution in [0.25, 0.3) is 0 Å². The number of oxime groups is 1. The van der Waals surface area contributed by atoms with Crippen LogP contribution in [0.4, 0.5) is 5.13 Å². The highest BCUT2D eigenvalue weighted by molar-refractivity contribution is 8.00. The first kappa shape index (κ1) is 28.9. The molecule has 17 nitrogen and oxygen atoms in total. The van der Waals surface area contributed by atoms with Gasteiger partial charge in [0.1, 0.15) is 23.4 Å². The fourth-order valence-electron chi connectivity index (χ4n) is 3.77. The van der Waals surface area contributed by atoms with Crippen LogP contribution < -0.4 is 22.5 Å². The number of fused-ring (bicyclic) bond motifs is 1. The number of tetrazole rings is 1. The number of carbonyl (C=O) groups excluding carboxylic acids is 2. The van der Waals surface area contributed by atoms with Gasteiger partial charge in [-0.25, -0.2) is 4.68 Å². The van der Waals surface area contributed by atoms with E-state index < -0.39 is 34.6 Å². The van der Waals surface area contributed by atoms with E-state index in [1.807, 2.05) is 0 Å². The number of hydrogen-bond donors (Lipinski definition) is 5. The molecule has 4 heterocycles. The lowest BCUT2D eigenvalue weighted by Crippen LogP contribution is -2.74. The molecule has 2 amide bonds. The van der Waals surface area contributed by atoms with Crippen LogP contribution in [0.1, 0.15) is 18.7 Å². The number of amides is 2. The summed E-state index contributed by atoms with van der Waals surface area (Å²) in [5.74, 6) is -1.81. The van der Waals surface area contributed by atoms with Gasteiger partial charge >= 0.3 is 5.97 Å². The molecule has 8 N–H and O–H groups in total. The molecule has 0 saturated carbocycles. The number of nitrogens with one attached hydrogen (secondary N) is 1. The van der Waals surface area contributed by atoms with E-state index in [-0.39, 0.29) is 41.3 Å². The molecule has 2 fully saturated rings. The number of aromatic nitrogens is 6. The van der Waals surface area contributed by atoms with Gasteiger partial charge in [-0.05, 0) is 36.4 Å². The van der Waals surface area contributed by atoms with E-state index in [4.69, 9.17) is 22.0 Å². The Kier molecular flexibility index (Phi) is 9.53. The van der Waals surface area contributed by atoms with Crippen molar-refractivity contribution in [3.63, 3.8) is 0 Å². The van der Waals surface area contributed by atoms with Crippen LogP contribution in [0.2, 0.25) is 0 Å². The van der Waals surface area contributed by atoms with Crippen LogP contribution in [0, 0.1) is 5.41 Å². The molecular weight excluding hydrogens is 572 g/mol. The number of aliphatic carboxylic acids is 1. The molecule has 2 aliphatic heterocycles. The summed E-state index contributed by atoms with van der Waals surface area (Å²) in [5.41, 5.74) is 15.2. The zero-order chi connectivity index (χ0) is 28.0. The molecule has 0 spiro atoms. The number of aryl methyl sites for hydroxylation is 1. The highest BCUT2D eigenvalue weighted by Gasteiger charge is 2.57. The van der Waals surface area contributed by atoms with Crippen molar-refractivity contribution < 1.29 is 24.3 Å². The number of rotatable bonds is 14. The number of nitrogen functional groups attached to an aromatic ring is 1. The average Bonchev–Trinajstić information content (AvgIpc) is 3.57. The second-order valence-corrected chi connectivity index (χ2v) is 11.5. The second kappa shape index (κ2) is 12.9. The fourth-order valence-corrected chi connectivity index (χ4v) is 6.97. The summed E-state index contributed by atoms with van der Waals surface area (Å²) in [6.45, 7) is 1.53. The predicted molar refractivity (Wildman–Crippen MR) is 143 cm³/mol. The van der Waals surface area contributed by atoms with E-state index in [2.05, 4.69) is 35.4 Å². The lowest BCUT2D eigenvalue weighted by molar-refractivity contribution is -0.157. The van der Waals surface area contributed by atoms with Crippen molar-refractivity contribution in [3.05, 3.63) is 5.82 Å². The molecule has 3 atom stereocenters. The number of β-lactam (4-membered cyclic amide) rings is 1. The molecule has 20 heteroatoms. The number of nitrogens with two attached hydrogens (primary N) is 3. The first-order chi connectivity index (χ1) is 18.8. The Morgan fingerprint density at radius 3 is 2.79 bits per heavy atom. The molecule has 2 aromatic heterocycles. The van der Waals surface area contributed by atoms with Gasteiger partial charge in [0.2, 0.25) is 22.6 Å². The Morgan fingerprint density at radius 1 is 1.31 bits per heavy atom. The highest BCUT2D eigenvalue weighted by atomic mass is 32.2. The standard InChI is InChI=1S/C19H28N12O5S3/c20-3-1-5-31-18(25-28-29-31)38-9-19(16(34)35)7-30-14(33)11(15(30)37-8-19)23-13(32)10(26-36-6-2-4-21)12-24-17(22)39-27-12/h11,15H,1-9,20-21H2,(H,23,32)(H,34,35)(H2,22,24,27)/t11?,15-,19?/m1/s1. The maximum absolute atomic E-state index is 13.0. The smallest absolute Gasteiger partial charge is 0.313 e. The number of carbonyl (C=O) groups is 3. The SMILES string of the molecule is NCCCON=C(C(=O)NC1C(=O)N2CC(CSc3nnnn3CCCN)(C(=O)O)CS[C@H]12)c1nsc(N)n1. The second-order valence-electron chi connectivity index (χ2n) is 8.69. The van der Waals surface area contributed by atoms with E-state index >= 15 is 0 Å². The van der Waals surface area contributed by atoms with Gasteiger partial charge in [-0.3, -0.25) is 14.4 Å². The van der Waals surface area contributed by atoms with Crippen molar-refractivity contribution in [3.8, 4) is 0 Å². The number of anilines is 1. The number of thioether (sulfide) groups is 2. The van der Waals surface area contributed by atoms with Crippen molar-refractivity contribution in [2.24, 2.45) is 22.0 Å². The van der Waals surface area contributed by atoms with Crippen LogP contribution >= 0.6 is 35.1 Å². The van der Waals surface area contributed by atoms with Crippen molar-refractivity contribution >= 4 is 63.7 Å². The van der Waals surface area contributed by atoms with E-state index in [0.29, 0.717) is 37.6 Å². The molecule has 2 saturated heterocycles. The Labute approximate surface area is 234 Å². The van der Waals surface area contributed by atoms with Crippen molar-refractivity contribution in [2.75, 3.05) is 43.5 Å². The summed E-state index contributed by atoms with van der Waals surface area (Å²) < 4.78 is 5.59. The minimum atomic E-state index is -1.23. The summed E-state index contributed by atoms with van der Waals surface area (Å²) in [4.78, 5) is 49.0. The Hall–Kier alpha value is -3.07. The Morgan fingerprint density at radius 2 is 2.10 bits per heavy atom. The van der Waals surface area contributed by atoms with Gasteiger partial charge in [0, 0.05) is 36.1 Å². The molecule has 212 valence electrons. The summed E-state index contributed by atoms with van der Waals surface area (Å²) >= 11 is 3.38. The van der Waals surface area contributed by atoms with Gasteiger partial charge in [-0.2, -0.15) is 9.36 Å². The Balaban J connectivity index is 1.40. The minimum Gasteiger partial charge on any atom is -0.481 e. The summed E-state index contributed by atoms with van der Waals surface area (Å²) in [7, 11) is 0. The van der Waals surface area contributed by atoms with Crippen LogP contribution in [0.3, 0.4) is 0 Å². The maximum atomic E-state index is 13.0. The van der Waals surface area contributed by atoms with Gasteiger partial charge < -0.3 is 37.4 Å². The topological polar surface area (TPSA) is 256 Å². The van der Waals surface area contributed by atoms with E-state index in [1.54, 1.807) is 4.68 Å². The summed E-state index contributed by atoms with van der Waals surface area (Å²) in [6.07, 6.45) is 1.19. The lowest BCUT2D eigenvalue weighted by atomic mass is 9.89. The molecule has 2 aliphatic rings. The van der Waals surface area contributed by atoms with Gasteiger partial charge in [0.15, 0.2) is 5.13 Å². The lowest BCUT2D eigenvalue weighted by Gasteiger charge is -2.53. The van der Waals surface area contributed by atoms with E-state index in [0.717, 1.165) is 11.5 Å². The zero-order valence-electron chi connectivity index (χ0n) is 20.6. The molecule has 0 bridgehead atoms. The normalized spacial score (nSPS) is 22.8. The molecule has 4 rings (SSSR count). The molecule has 2 unspecified atom stereocenters. The first-order valence-corrected chi connectivity index (χ1v) is 14.7. The van der Waals surface area contributed by atoms with Crippen LogP contribution in [0.5, 0.6) is 0 Å². The summed E-state index contributed by atoms with van der Waals surface area (Å²) in [6, 6.07) is -0.879. The zero-order valence-corrected chi connectivity index (χ0v) is 23.1. The van der Waals surface area contributed by atoms with Crippen molar-refractivity contribution in [1.82, 2.24) is 39.8 Å². The third kappa shape index (κ3) is 6.40. The monoisotopic (exact) mass is 600 g/mol. The minimum absolute atomic E-state index is 0.0180. The fraction of sp³-hybridized carbons (Fsp3) is 0.632. The van der Waals surface area contributed by atoms with E-state index in [9.17, 15) is 19.5 Å². The average molecular weight is 601 g/mol. The van der Waals surface area contributed by atoms with Crippen molar-refractivity contribution in [1.29, 1.82) is 0 Å².